The number of fused-ring (bicyclic) bond motifs is 2. The summed E-state index contributed by atoms with van der Waals surface area (Å²) in [6.45, 7) is 1.01. The Morgan fingerprint density at radius 3 is 2.89 bits per heavy atom. The molecule has 1 amide bonds. The predicted octanol–water partition coefficient (Wildman–Crippen LogP) is 2.38. The number of carbonyl (C=O) groups is 1. The van der Waals surface area contributed by atoms with Gasteiger partial charge in [0.05, 0.1) is 11.6 Å². The lowest BCUT2D eigenvalue weighted by molar-refractivity contribution is -0.135. The number of likely N-dealkylation sites (tertiary alicyclic amines) is 1. The lowest BCUT2D eigenvalue weighted by Gasteiger charge is -2.28. The van der Waals surface area contributed by atoms with Crippen molar-refractivity contribution in [1.29, 1.82) is 0 Å². The van der Waals surface area contributed by atoms with Crippen LogP contribution in [0.3, 0.4) is 0 Å². The number of hydrogen-bond donors (Lipinski definition) is 0. The minimum atomic E-state index is -0.494. The van der Waals surface area contributed by atoms with E-state index in [0.29, 0.717) is 36.2 Å². The van der Waals surface area contributed by atoms with Gasteiger partial charge in [-0.2, -0.15) is 5.10 Å². The number of aromatic nitrogens is 3. The molecule has 2 fully saturated rings. The number of rotatable bonds is 3. The van der Waals surface area contributed by atoms with E-state index in [9.17, 15) is 14.0 Å². The van der Waals surface area contributed by atoms with Crippen molar-refractivity contribution in [3.63, 3.8) is 0 Å². The van der Waals surface area contributed by atoms with Crippen LogP contribution >= 0.6 is 11.6 Å². The highest BCUT2D eigenvalue weighted by Gasteiger charge is 2.50. The van der Waals surface area contributed by atoms with Gasteiger partial charge in [-0.05, 0) is 49.3 Å². The summed E-state index contributed by atoms with van der Waals surface area (Å²) in [6.07, 6.45) is 4.38. The molecule has 0 N–H and O–H groups in total. The Labute approximate surface area is 160 Å². The topological polar surface area (TPSA) is 60.1 Å². The summed E-state index contributed by atoms with van der Waals surface area (Å²) in [6, 6.07) is 4.30. The van der Waals surface area contributed by atoms with Crippen molar-refractivity contribution >= 4 is 17.5 Å². The SMILES string of the molecule is O=C([C@@H]1CCCc2nn(Cc3ccc(F)c(Cl)c3)c(=O)n21)N1CCC2C[C@@H]21. The molecule has 1 unspecified atom stereocenters. The van der Waals surface area contributed by atoms with Crippen molar-refractivity contribution in [2.75, 3.05) is 6.54 Å². The first kappa shape index (κ1) is 17.0. The number of amides is 1. The predicted molar refractivity (Wildman–Crippen MR) is 97.2 cm³/mol. The van der Waals surface area contributed by atoms with Crippen molar-refractivity contribution in [3.8, 4) is 0 Å². The van der Waals surface area contributed by atoms with Gasteiger partial charge in [-0.1, -0.05) is 17.7 Å². The number of carbonyl (C=O) groups excluding carboxylic acids is 1. The van der Waals surface area contributed by atoms with Crippen molar-refractivity contribution < 1.29 is 9.18 Å². The molecule has 3 atom stereocenters. The molecule has 0 radical (unpaired) electrons. The molecule has 3 aliphatic rings. The van der Waals surface area contributed by atoms with Crippen LogP contribution in [0.15, 0.2) is 23.0 Å². The minimum Gasteiger partial charge on any atom is -0.338 e. The van der Waals surface area contributed by atoms with Crippen molar-refractivity contribution in [1.82, 2.24) is 19.2 Å². The summed E-state index contributed by atoms with van der Waals surface area (Å²) in [5, 5.41) is 4.47. The van der Waals surface area contributed by atoms with Crippen LogP contribution in [0.25, 0.3) is 0 Å². The first-order chi connectivity index (χ1) is 13.0. The number of nitrogens with zero attached hydrogens (tertiary/aromatic N) is 4. The molecular formula is C19H20ClFN4O2. The molecule has 2 aliphatic heterocycles. The van der Waals surface area contributed by atoms with E-state index >= 15 is 0 Å². The molecule has 1 aromatic heterocycles. The van der Waals surface area contributed by atoms with Gasteiger partial charge in [0.25, 0.3) is 0 Å². The standard InChI is InChI=1S/C19H20ClFN4O2/c20-13-8-11(4-5-14(13)21)10-24-19(27)25-15(2-1-3-17(25)22-24)18(26)23-7-6-12-9-16(12)23/h4-5,8,12,15-16H,1-3,6-7,9-10H2/t12?,15-,16-/m0/s1. The average molecular weight is 391 g/mol. The van der Waals surface area contributed by atoms with Gasteiger partial charge in [0, 0.05) is 19.0 Å². The van der Waals surface area contributed by atoms with E-state index in [0.717, 1.165) is 25.8 Å². The van der Waals surface area contributed by atoms with Crippen LogP contribution < -0.4 is 5.69 Å². The molecule has 0 spiro atoms. The van der Waals surface area contributed by atoms with Gasteiger partial charge >= 0.3 is 5.69 Å². The highest BCUT2D eigenvalue weighted by molar-refractivity contribution is 6.30. The van der Waals surface area contributed by atoms with Gasteiger partial charge < -0.3 is 4.90 Å². The van der Waals surface area contributed by atoms with Crippen LogP contribution in [0.4, 0.5) is 4.39 Å². The number of aryl methyl sites for hydroxylation is 1. The maximum Gasteiger partial charge on any atom is 0.346 e. The Balaban J connectivity index is 1.45. The van der Waals surface area contributed by atoms with Crippen LogP contribution in [0.5, 0.6) is 0 Å². The maximum atomic E-state index is 13.4. The average Bonchev–Trinajstić information content (AvgIpc) is 3.20. The third-order valence-electron chi connectivity index (χ3n) is 6.04. The van der Waals surface area contributed by atoms with E-state index in [1.807, 2.05) is 4.90 Å². The zero-order chi connectivity index (χ0) is 18.7. The zero-order valence-electron chi connectivity index (χ0n) is 14.8. The second-order valence-corrected chi connectivity index (χ2v) is 8.17. The second-order valence-electron chi connectivity index (χ2n) is 7.77. The van der Waals surface area contributed by atoms with Gasteiger partial charge in [0.2, 0.25) is 5.91 Å². The van der Waals surface area contributed by atoms with E-state index in [1.165, 1.54) is 16.8 Å². The Morgan fingerprint density at radius 1 is 1.33 bits per heavy atom. The first-order valence-corrected chi connectivity index (χ1v) is 9.83. The second kappa shape index (κ2) is 6.19. The Bertz CT molecular complexity index is 985. The van der Waals surface area contributed by atoms with Crippen molar-refractivity contribution in [3.05, 3.63) is 50.9 Å². The molecule has 5 rings (SSSR count). The lowest BCUT2D eigenvalue weighted by Crippen LogP contribution is -2.42. The van der Waals surface area contributed by atoms with Crippen LogP contribution in [0.1, 0.15) is 43.1 Å². The first-order valence-electron chi connectivity index (χ1n) is 9.45. The summed E-state index contributed by atoms with van der Waals surface area (Å²) < 4.78 is 16.3. The number of halogens is 2. The molecule has 0 bridgehead atoms. The number of hydrogen-bond acceptors (Lipinski definition) is 3. The molecule has 142 valence electrons. The zero-order valence-corrected chi connectivity index (χ0v) is 15.5. The van der Waals surface area contributed by atoms with E-state index in [2.05, 4.69) is 5.10 Å². The van der Waals surface area contributed by atoms with E-state index in [4.69, 9.17) is 11.6 Å². The molecular weight excluding hydrogens is 371 g/mol. The van der Waals surface area contributed by atoms with Crippen LogP contribution in [-0.2, 0) is 17.8 Å². The molecule has 1 saturated heterocycles. The van der Waals surface area contributed by atoms with Gasteiger partial charge in [-0.15, -0.1) is 0 Å². The quantitative estimate of drug-likeness (QED) is 0.808. The molecule has 1 aromatic carbocycles. The normalized spacial score (nSPS) is 26.0. The summed E-state index contributed by atoms with van der Waals surface area (Å²) in [7, 11) is 0. The Hall–Kier alpha value is -2.15. The van der Waals surface area contributed by atoms with Gasteiger partial charge in [-0.25, -0.2) is 13.9 Å². The van der Waals surface area contributed by atoms with E-state index < -0.39 is 11.9 Å². The maximum absolute atomic E-state index is 13.4. The largest absolute Gasteiger partial charge is 0.346 e. The monoisotopic (exact) mass is 390 g/mol. The highest BCUT2D eigenvalue weighted by Crippen LogP contribution is 2.45. The third kappa shape index (κ3) is 2.79. The van der Waals surface area contributed by atoms with E-state index in [-0.39, 0.29) is 23.2 Å². The minimum absolute atomic E-state index is 0.0191. The third-order valence-corrected chi connectivity index (χ3v) is 6.33. The highest BCUT2D eigenvalue weighted by atomic mass is 35.5. The van der Waals surface area contributed by atoms with Gasteiger partial charge in [0.15, 0.2) is 0 Å². The fourth-order valence-electron chi connectivity index (χ4n) is 4.54. The van der Waals surface area contributed by atoms with Gasteiger partial charge in [-0.3, -0.25) is 9.36 Å². The molecule has 1 aliphatic carbocycles. The Kier molecular flexibility index (Phi) is 3.89. The smallest absolute Gasteiger partial charge is 0.338 e. The molecule has 27 heavy (non-hydrogen) atoms. The van der Waals surface area contributed by atoms with Crippen LogP contribution in [-0.4, -0.2) is 37.7 Å². The van der Waals surface area contributed by atoms with Crippen molar-refractivity contribution in [2.24, 2.45) is 5.92 Å². The number of benzene rings is 1. The van der Waals surface area contributed by atoms with Crippen molar-refractivity contribution in [2.45, 2.75) is 50.7 Å². The number of piperidine rings is 1. The summed E-state index contributed by atoms with van der Waals surface area (Å²) in [5.74, 6) is 0.892. The van der Waals surface area contributed by atoms with Crippen LogP contribution in [0.2, 0.25) is 5.02 Å². The van der Waals surface area contributed by atoms with Crippen LogP contribution in [0, 0.1) is 11.7 Å². The fourth-order valence-corrected chi connectivity index (χ4v) is 4.74. The fraction of sp³-hybridized carbons (Fsp3) is 0.526. The summed E-state index contributed by atoms with van der Waals surface area (Å²) >= 11 is 5.84. The Morgan fingerprint density at radius 2 is 2.19 bits per heavy atom. The molecule has 6 nitrogen and oxygen atoms in total. The lowest BCUT2D eigenvalue weighted by atomic mass is 10.0. The summed E-state index contributed by atoms with van der Waals surface area (Å²) in [4.78, 5) is 28.0. The molecule has 3 heterocycles. The molecule has 2 aromatic rings. The summed E-state index contributed by atoms with van der Waals surface area (Å²) in [5.41, 5.74) is 0.414. The van der Waals surface area contributed by atoms with E-state index in [1.54, 1.807) is 10.6 Å². The molecule has 1 saturated carbocycles. The van der Waals surface area contributed by atoms with Gasteiger partial charge in [0.1, 0.15) is 17.7 Å². The molecule has 8 heteroatoms.